The van der Waals surface area contributed by atoms with Gasteiger partial charge in [-0.2, -0.15) is 0 Å². The molecule has 23 heavy (non-hydrogen) atoms. The van der Waals surface area contributed by atoms with E-state index in [-0.39, 0.29) is 0 Å². The smallest absolute Gasteiger partial charge is 0.159 e. The average Bonchev–Trinajstić information content (AvgIpc) is 2.62. The van der Waals surface area contributed by atoms with Gasteiger partial charge >= 0.3 is 0 Å². The van der Waals surface area contributed by atoms with E-state index >= 15 is 0 Å². The van der Waals surface area contributed by atoms with Gasteiger partial charge in [-0.3, -0.25) is 4.79 Å². The molecule has 0 aromatic carbocycles. The van der Waals surface area contributed by atoms with Crippen molar-refractivity contribution in [2.45, 2.75) is 81.1 Å². The number of carbonyl (C=O) groups excluding carboxylic acids is 1. The first-order chi connectivity index (χ1) is 10.9. The summed E-state index contributed by atoms with van der Waals surface area (Å²) < 4.78 is 0. The second-order valence-corrected chi connectivity index (χ2v) is 7.65. The summed E-state index contributed by atoms with van der Waals surface area (Å²) in [7, 11) is 0. The summed E-state index contributed by atoms with van der Waals surface area (Å²) in [5, 5.41) is 0. The second-order valence-electron chi connectivity index (χ2n) is 7.65. The Morgan fingerprint density at radius 3 is 2.26 bits per heavy atom. The van der Waals surface area contributed by atoms with Gasteiger partial charge in [0.15, 0.2) is 5.78 Å². The summed E-state index contributed by atoms with van der Waals surface area (Å²) in [4.78, 5) is 12.5. The zero-order valence-electron chi connectivity index (χ0n) is 16.7. The number of allylic oxidation sites excluding steroid dienone is 4. The lowest BCUT2D eigenvalue weighted by Crippen LogP contribution is -2.55. The molecule has 1 heteroatoms. The van der Waals surface area contributed by atoms with Gasteiger partial charge in [0.05, 0.1) is 0 Å². The normalized spacial score (nSPS) is 37.1. The zero-order valence-corrected chi connectivity index (χ0v) is 16.7. The predicted octanol–water partition coefficient (Wildman–Crippen LogP) is 6.59. The van der Waals surface area contributed by atoms with Gasteiger partial charge < -0.3 is 0 Å². The average molecular weight is 319 g/mol. The third kappa shape index (κ3) is 3.21. The number of ketones is 1. The van der Waals surface area contributed by atoms with Crippen LogP contribution in [0, 0.1) is 28.6 Å². The van der Waals surface area contributed by atoms with Gasteiger partial charge in [-0.25, -0.2) is 0 Å². The van der Waals surface area contributed by atoms with Crippen LogP contribution in [0.4, 0.5) is 0 Å². The second kappa shape index (κ2) is 7.81. The number of hydrogen-bond acceptors (Lipinski definition) is 1. The van der Waals surface area contributed by atoms with Crippen LogP contribution in [-0.4, -0.2) is 5.78 Å². The fourth-order valence-corrected chi connectivity index (χ4v) is 5.43. The molecule has 0 N–H and O–H groups in total. The Labute approximate surface area is 144 Å². The Morgan fingerprint density at radius 2 is 1.65 bits per heavy atom. The fraction of sp³-hybridized carbons (Fsp3) is 0.773. The van der Waals surface area contributed by atoms with Crippen LogP contribution in [0.3, 0.4) is 0 Å². The van der Waals surface area contributed by atoms with E-state index in [1.54, 1.807) is 0 Å². The standard InChI is InChI=1S/C18H26O.2C2H6/c1-12-7-5-8-14-13(2)18(12)10-6-9-17(3,4)16(18)11-15(14)19;2*1-2/h5,7-8,12-13,16H,6,9-11H2,1-4H3;2*1-2H3. The van der Waals surface area contributed by atoms with Crippen LogP contribution in [0.2, 0.25) is 0 Å². The molecule has 0 radical (unpaired) electrons. The Bertz CT molecular complexity index is 468. The molecule has 4 unspecified atom stereocenters. The lowest BCUT2D eigenvalue weighted by atomic mass is 9.44. The Balaban J connectivity index is 0.000000615. The molecule has 3 aliphatic carbocycles. The molecule has 3 rings (SSSR count). The molecule has 1 spiro atoms. The van der Waals surface area contributed by atoms with Gasteiger partial charge in [0.1, 0.15) is 0 Å². The van der Waals surface area contributed by atoms with Crippen LogP contribution < -0.4 is 0 Å². The van der Waals surface area contributed by atoms with E-state index < -0.39 is 0 Å². The molecule has 3 aliphatic rings. The van der Waals surface area contributed by atoms with Crippen molar-refractivity contribution < 1.29 is 4.79 Å². The van der Waals surface area contributed by atoms with Gasteiger partial charge in [-0.05, 0) is 47.0 Å². The molecule has 1 nitrogen and oxygen atoms in total. The van der Waals surface area contributed by atoms with Crippen molar-refractivity contribution in [3.05, 3.63) is 23.8 Å². The van der Waals surface area contributed by atoms with Gasteiger partial charge in [0.25, 0.3) is 0 Å². The quantitative estimate of drug-likeness (QED) is 0.492. The molecule has 2 saturated carbocycles. The van der Waals surface area contributed by atoms with Crippen LogP contribution in [0.25, 0.3) is 0 Å². The van der Waals surface area contributed by atoms with Gasteiger partial charge in [-0.15, -0.1) is 0 Å². The SMILES string of the molecule is CC.CC.CC1C=CC=C2C(=O)CC3C(C)(C)CCCC13C2C. The number of carbonyl (C=O) groups is 1. The minimum atomic E-state index is 0.306. The molecule has 0 saturated heterocycles. The van der Waals surface area contributed by atoms with Crippen LogP contribution in [0.5, 0.6) is 0 Å². The maximum atomic E-state index is 12.5. The number of rotatable bonds is 0. The van der Waals surface area contributed by atoms with Crippen molar-refractivity contribution in [1.29, 1.82) is 0 Å². The lowest BCUT2D eigenvalue weighted by Gasteiger charge is -2.60. The molecule has 0 aromatic heterocycles. The Hall–Kier alpha value is -0.850. The molecule has 0 heterocycles. The zero-order chi connectivity index (χ0) is 17.8. The van der Waals surface area contributed by atoms with Crippen molar-refractivity contribution >= 4 is 5.78 Å². The highest BCUT2D eigenvalue weighted by atomic mass is 16.1. The predicted molar refractivity (Wildman–Crippen MR) is 101 cm³/mol. The maximum Gasteiger partial charge on any atom is 0.159 e. The van der Waals surface area contributed by atoms with E-state index in [1.165, 1.54) is 19.3 Å². The first-order valence-electron chi connectivity index (χ1n) is 9.81. The minimum Gasteiger partial charge on any atom is -0.295 e. The number of fused-ring (bicyclic) bond motifs is 1. The van der Waals surface area contributed by atoms with Crippen molar-refractivity contribution in [3.63, 3.8) is 0 Å². The van der Waals surface area contributed by atoms with E-state index in [9.17, 15) is 4.79 Å². The molecular weight excluding hydrogens is 280 g/mol. The van der Waals surface area contributed by atoms with Gasteiger partial charge in [0.2, 0.25) is 0 Å². The molecule has 2 bridgehead atoms. The van der Waals surface area contributed by atoms with Gasteiger partial charge in [0, 0.05) is 6.42 Å². The summed E-state index contributed by atoms with van der Waals surface area (Å²) >= 11 is 0. The first-order valence-corrected chi connectivity index (χ1v) is 9.81. The van der Waals surface area contributed by atoms with Crippen LogP contribution in [0.1, 0.15) is 81.1 Å². The lowest BCUT2D eigenvalue weighted by molar-refractivity contribution is -0.134. The van der Waals surface area contributed by atoms with Crippen molar-refractivity contribution in [2.24, 2.45) is 28.6 Å². The van der Waals surface area contributed by atoms with E-state index in [2.05, 4.69) is 45.9 Å². The van der Waals surface area contributed by atoms with Crippen molar-refractivity contribution in [1.82, 2.24) is 0 Å². The first kappa shape index (κ1) is 20.2. The van der Waals surface area contributed by atoms with Crippen LogP contribution >= 0.6 is 0 Å². The fourth-order valence-electron chi connectivity index (χ4n) is 5.43. The van der Waals surface area contributed by atoms with E-state index in [1.807, 2.05) is 27.7 Å². The molecule has 0 amide bonds. The Kier molecular flexibility index (Phi) is 6.86. The highest BCUT2D eigenvalue weighted by Crippen LogP contribution is 2.64. The van der Waals surface area contributed by atoms with Crippen LogP contribution in [-0.2, 0) is 4.79 Å². The highest BCUT2D eigenvalue weighted by molar-refractivity contribution is 5.97. The summed E-state index contributed by atoms with van der Waals surface area (Å²) in [6.45, 7) is 17.4. The van der Waals surface area contributed by atoms with E-state index in [4.69, 9.17) is 0 Å². The number of Topliss-reactive ketones (excluding diaryl/α,β-unsaturated/α-hetero) is 1. The maximum absolute atomic E-state index is 12.5. The molecule has 0 aliphatic heterocycles. The molecule has 132 valence electrons. The third-order valence-electron chi connectivity index (χ3n) is 6.53. The summed E-state index contributed by atoms with van der Waals surface area (Å²) in [6, 6.07) is 0. The minimum absolute atomic E-state index is 0.306. The topological polar surface area (TPSA) is 17.1 Å². The third-order valence-corrected chi connectivity index (χ3v) is 6.53. The molecular formula is C22H38O. The van der Waals surface area contributed by atoms with Crippen molar-refractivity contribution in [2.75, 3.05) is 0 Å². The van der Waals surface area contributed by atoms with Crippen molar-refractivity contribution in [3.8, 4) is 0 Å². The summed E-state index contributed by atoms with van der Waals surface area (Å²) in [6.07, 6.45) is 11.2. The van der Waals surface area contributed by atoms with E-state index in [0.717, 1.165) is 12.0 Å². The molecule has 2 fully saturated rings. The van der Waals surface area contributed by atoms with Crippen LogP contribution in [0.15, 0.2) is 23.8 Å². The highest BCUT2D eigenvalue weighted by Gasteiger charge is 2.58. The molecule has 4 atom stereocenters. The summed E-state index contributed by atoms with van der Waals surface area (Å²) in [5.41, 5.74) is 1.71. The Morgan fingerprint density at radius 1 is 1.04 bits per heavy atom. The monoisotopic (exact) mass is 318 g/mol. The van der Waals surface area contributed by atoms with Gasteiger partial charge in [-0.1, -0.05) is 80.0 Å². The van der Waals surface area contributed by atoms with E-state index in [0.29, 0.717) is 34.4 Å². The number of hydrogen-bond donors (Lipinski definition) is 0. The summed E-state index contributed by atoms with van der Waals surface area (Å²) in [5.74, 6) is 1.95. The molecule has 0 aromatic rings. The largest absolute Gasteiger partial charge is 0.295 e.